The summed E-state index contributed by atoms with van der Waals surface area (Å²) in [5, 5.41) is 2.34. The SMILES string of the molecule is CCOC1CN(c2c(F)cc(NC(=O)OCc3ccccc3)cc2F)C1.[Fe+2]. The summed E-state index contributed by atoms with van der Waals surface area (Å²) < 4.78 is 39.0. The molecule has 144 valence electrons. The molecule has 8 heteroatoms. The Balaban J connectivity index is 0.00000261. The van der Waals surface area contributed by atoms with Gasteiger partial charge >= 0.3 is 23.2 Å². The zero-order valence-corrected chi connectivity index (χ0v) is 15.8. The van der Waals surface area contributed by atoms with Crippen molar-refractivity contribution < 1.29 is 40.1 Å². The van der Waals surface area contributed by atoms with Gasteiger partial charge in [-0.05, 0) is 24.6 Å². The molecule has 0 radical (unpaired) electrons. The van der Waals surface area contributed by atoms with Crippen LogP contribution in [0.1, 0.15) is 12.5 Å². The largest absolute Gasteiger partial charge is 2.00 e. The van der Waals surface area contributed by atoms with E-state index >= 15 is 0 Å². The van der Waals surface area contributed by atoms with Crippen molar-refractivity contribution in [2.75, 3.05) is 29.9 Å². The molecule has 0 aliphatic carbocycles. The maximum Gasteiger partial charge on any atom is 2.00 e. The van der Waals surface area contributed by atoms with Gasteiger partial charge in [0.25, 0.3) is 0 Å². The number of anilines is 2. The fourth-order valence-corrected chi connectivity index (χ4v) is 2.78. The molecule has 0 unspecified atom stereocenters. The predicted molar refractivity (Wildman–Crippen MR) is 94.2 cm³/mol. The first-order valence-electron chi connectivity index (χ1n) is 8.40. The topological polar surface area (TPSA) is 50.8 Å². The van der Waals surface area contributed by atoms with Crippen molar-refractivity contribution in [1.82, 2.24) is 0 Å². The van der Waals surface area contributed by atoms with E-state index in [1.165, 1.54) is 0 Å². The van der Waals surface area contributed by atoms with Gasteiger partial charge in [-0.3, -0.25) is 5.32 Å². The second-order valence-electron chi connectivity index (χ2n) is 5.96. The van der Waals surface area contributed by atoms with Crippen LogP contribution in [0, 0.1) is 11.6 Å². The monoisotopic (exact) mass is 418 g/mol. The van der Waals surface area contributed by atoms with E-state index in [-0.39, 0.29) is 41.2 Å². The molecule has 2 aromatic rings. The molecule has 0 saturated carbocycles. The zero-order valence-electron chi connectivity index (χ0n) is 14.7. The summed E-state index contributed by atoms with van der Waals surface area (Å²) >= 11 is 0. The molecule has 1 saturated heterocycles. The number of benzene rings is 2. The Labute approximate surface area is 167 Å². The van der Waals surface area contributed by atoms with Crippen molar-refractivity contribution in [2.24, 2.45) is 0 Å². The third-order valence-electron chi connectivity index (χ3n) is 4.04. The first kappa shape index (κ1) is 21.2. The first-order chi connectivity index (χ1) is 12.6. The molecule has 27 heavy (non-hydrogen) atoms. The van der Waals surface area contributed by atoms with Crippen molar-refractivity contribution in [2.45, 2.75) is 19.6 Å². The van der Waals surface area contributed by atoms with Crippen LogP contribution in [0.15, 0.2) is 42.5 Å². The molecule has 0 spiro atoms. The summed E-state index contributed by atoms with van der Waals surface area (Å²) in [6.07, 6.45) is -0.787. The number of amides is 1. The molecule has 1 fully saturated rings. The molecule has 1 aliphatic heterocycles. The van der Waals surface area contributed by atoms with Crippen molar-refractivity contribution >= 4 is 17.5 Å². The molecular formula is C19H20F2FeN2O3+2. The second-order valence-corrected chi connectivity index (χ2v) is 5.96. The van der Waals surface area contributed by atoms with E-state index in [2.05, 4.69) is 5.32 Å². The Kier molecular flexibility index (Phi) is 7.59. The van der Waals surface area contributed by atoms with Gasteiger partial charge in [0.05, 0.1) is 6.10 Å². The van der Waals surface area contributed by atoms with Gasteiger partial charge in [-0.2, -0.15) is 0 Å². The van der Waals surface area contributed by atoms with E-state index in [4.69, 9.17) is 9.47 Å². The average molecular weight is 418 g/mol. The van der Waals surface area contributed by atoms with Gasteiger partial charge in [0.1, 0.15) is 12.3 Å². The maximum absolute atomic E-state index is 14.3. The predicted octanol–water partition coefficient (Wildman–Crippen LogP) is 3.94. The molecule has 3 rings (SSSR count). The van der Waals surface area contributed by atoms with Gasteiger partial charge in [-0.25, -0.2) is 13.6 Å². The minimum absolute atomic E-state index is 0. The molecule has 1 amide bonds. The van der Waals surface area contributed by atoms with E-state index in [9.17, 15) is 13.6 Å². The third kappa shape index (κ3) is 5.42. The molecule has 0 aromatic heterocycles. The standard InChI is InChI=1S/C19H20F2N2O3.Fe/c1-2-25-15-10-23(11-15)18-16(20)8-14(9-17(18)21)22-19(24)26-12-13-6-4-3-5-7-13;/h3-9,15H,2,10-12H2,1H3,(H,22,24);/q;+2. The number of carbonyl (C=O) groups is 1. The minimum Gasteiger partial charge on any atom is -0.444 e. The molecule has 0 bridgehead atoms. The quantitative estimate of drug-likeness (QED) is 0.723. The van der Waals surface area contributed by atoms with Gasteiger partial charge in [0, 0.05) is 25.4 Å². The number of hydrogen-bond donors (Lipinski definition) is 1. The normalized spacial score (nSPS) is 13.5. The van der Waals surface area contributed by atoms with E-state index in [1.807, 2.05) is 37.3 Å². The summed E-state index contributed by atoms with van der Waals surface area (Å²) in [5.41, 5.74) is 0.713. The summed E-state index contributed by atoms with van der Waals surface area (Å²) in [7, 11) is 0. The molecule has 2 aromatic carbocycles. The van der Waals surface area contributed by atoms with Crippen molar-refractivity contribution in [1.29, 1.82) is 0 Å². The number of nitrogens with zero attached hydrogens (tertiary/aromatic N) is 1. The number of ether oxygens (including phenoxy) is 2. The number of rotatable bonds is 6. The van der Waals surface area contributed by atoms with Crippen LogP contribution in [0.25, 0.3) is 0 Å². The number of carbonyl (C=O) groups excluding carboxylic acids is 1. The van der Waals surface area contributed by atoms with Crippen molar-refractivity contribution in [3.05, 3.63) is 59.7 Å². The van der Waals surface area contributed by atoms with E-state index in [0.717, 1.165) is 17.7 Å². The first-order valence-corrected chi connectivity index (χ1v) is 8.40. The summed E-state index contributed by atoms with van der Waals surface area (Å²) in [6.45, 7) is 3.39. The van der Waals surface area contributed by atoms with Gasteiger partial charge in [0.15, 0.2) is 11.6 Å². The zero-order chi connectivity index (χ0) is 18.5. The van der Waals surface area contributed by atoms with Crippen LogP contribution in [0.2, 0.25) is 0 Å². The van der Waals surface area contributed by atoms with E-state index < -0.39 is 17.7 Å². The molecule has 1 heterocycles. The Morgan fingerprint density at radius 2 is 1.81 bits per heavy atom. The fourth-order valence-electron chi connectivity index (χ4n) is 2.78. The number of halogens is 2. The Hall–Kier alpha value is -2.15. The van der Waals surface area contributed by atoms with Crippen LogP contribution in [0.4, 0.5) is 25.0 Å². The van der Waals surface area contributed by atoms with E-state index in [1.54, 1.807) is 4.90 Å². The van der Waals surface area contributed by atoms with Gasteiger partial charge in [-0.15, -0.1) is 0 Å². The Morgan fingerprint density at radius 3 is 2.41 bits per heavy atom. The van der Waals surface area contributed by atoms with Crippen molar-refractivity contribution in [3.63, 3.8) is 0 Å². The fraction of sp³-hybridized carbons (Fsp3) is 0.316. The summed E-state index contributed by atoms with van der Waals surface area (Å²) in [6, 6.07) is 11.3. The van der Waals surface area contributed by atoms with Gasteiger partial charge < -0.3 is 14.4 Å². The van der Waals surface area contributed by atoms with Gasteiger partial charge in [0.2, 0.25) is 0 Å². The van der Waals surface area contributed by atoms with Gasteiger partial charge in [-0.1, -0.05) is 30.3 Å². The summed E-state index contributed by atoms with van der Waals surface area (Å²) in [5.74, 6) is -1.48. The van der Waals surface area contributed by atoms with Crippen LogP contribution >= 0.6 is 0 Å². The van der Waals surface area contributed by atoms with Crippen LogP contribution in [-0.2, 0) is 33.1 Å². The second kappa shape index (κ2) is 9.69. The van der Waals surface area contributed by atoms with Crippen LogP contribution in [0.5, 0.6) is 0 Å². The van der Waals surface area contributed by atoms with Crippen molar-refractivity contribution in [3.8, 4) is 0 Å². The molecule has 5 nitrogen and oxygen atoms in total. The maximum atomic E-state index is 14.3. The average Bonchev–Trinajstić information content (AvgIpc) is 2.58. The molecule has 0 atom stereocenters. The minimum atomic E-state index is -0.777. The van der Waals surface area contributed by atoms with Crippen LogP contribution in [0.3, 0.4) is 0 Å². The number of hydrogen-bond acceptors (Lipinski definition) is 4. The molecular weight excluding hydrogens is 398 g/mol. The van der Waals surface area contributed by atoms with E-state index in [0.29, 0.717) is 19.7 Å². The smallest absolute Gasteiger partial charge is 0.444 e. The Bertz CT molecular complexity index is 748. The number of nitrogens with one attached hydrogen (secondary N) is 1. The molecule has 1 aliphatic rings. The molecule has 1 N–H and O–H groups in total. The third-order valence-corrected chi connectivity index (χ3v) is 4.04. The summed E-state index contributed by atoms with van der Waals surface area (Å²) in [4.78, 5) is 13.4. The van der Waals surface area contributed by atoms with Crippen LogP contribution in [-0.4, -0.2) is 31.9 Å². The Morgan fingerprint density at radius 1 is 1.19 bits per heavy atom. The van der Waals surface area contributed by atoms with Crippen LogP contribution < -0.4 is 10.2 Å².